The molecule has 0 heterocycles. The molecule has 9 nitrogen and oxygen atoms in total. The Bertz CT molecular complexity index is 1660. The third-order valence-electron chi connectivity index (χ3n) is 6.51. The highest BCUT2D eigenvalue weighted by Gasteiger charge is 2.28. The van der Waals surface area contributed by atoms with Crippen LogP contribution in [0.3, 0.4) is 0 Å². The average molecular weight is 599 g/mol. The molecule has 2 N–H and O–H groups in total. The SMILES string of the molecule is Cc1ccc(S(=O)(=O)N(CC(=O)N/N=C\c2ccc(OCC(=O)NCCc3ccccc3)cc2)c2ccccc2C)cc1. The van der Waals surface area contributed by atoms with Crippen LogP contribution in [0.15, 0.2) is 113 Å². The molecule has 0 radical (unpaired) electrons. The molecule has 0 aliphatic rings. The van der Waals surface area contributed by atoms with E-state index < -0.39 is 22.5 Å². The number of anilines is 1. The third kappa shape index (κ3) is 9.01. The molecule has 4 aromatic rings. The Labute approximate surface area is 252 Å². The van der Waals surface area contributed by atoms with E-state index in [4.69, 9.17) is 4.74 Å². The van der Waals surface area contributed by atoms with Gasteiger partial charge in [0.2, 0.25) is 0 Å². The Morgan fingerprint density at radius 2 is 1.51 bits per heavy atom. The summed E-state index contributed by atoms with van der Waals surface area (Å²) in [6.45, 7) is 3.61. The van der Waals surface area contributed by atoms with Crippen molar-refractivity contribution in [3.05, 3.63) is 125 Å². The lowest BCUT2D eigenvalue weighted by Gasteiger charge is -2.25. The Morgan fingerprint density at radius 3 is 2.21 bits per heavy atom. The van der Waals surface area contributed by atoms with Crippen molar-refractivity contribution < 1.29 is 22.7 Å². The Hall–Kier alpha value is -4.96. The van der Waals surface area contributed by atoms with E-state index in [1.165, 1.54) is 18.3 Å². The molecular formula is C33H34N4O5S. The number of nitrogens with one attached hydrogen (secondary N) is 2. The summed E-state index contributed by atoms with van der Waals surface area (Å²) < 4.78 is 33.7. The molecule has 0 bridgehead atoms. The molecule has 0 saturated heterocycles. The molecule has 4 aromatic carbocycles. The number of hydrazone groups is 1. The van der Waals surface area contributed by atoms with Gasteiger partial charge in [-0.05, 0) is 79.4 Å². The normalized spacial score (nSPS) is 11.2. The highest BCUT2D eigenvalue weighted by atomic mass is 32.2. The number of nitrogens with zero attached hydrogens (tertiary/aromatic N) is 2. The molecule has 43 heavy (non-hydrogen) atoms. The van der Waals surface area contributed by atoms with E-state index in [0.717, 1.165) is 21.9 Å². The van der Waals surface area contributed by atoms with Crippen LogP contribution in [0.1, 0.15) is 22.3 Å². The lowest BCUT2D eigenvalue weighted by molar-refractivity contribution is -0.123. The number of hydrogen-bond acceptors (Lipinski definition) is 6. The molecule has 222 valence electrons. The van der Waals surface area contributed by atoms with Gasteiger partial charge >= 0.3 is 0 Å². The number of carbonyl (C=O) groups excluding carboxylic acids is 2. The van der Waals surface area contributed by atoms with E-state index in [2.05, 4.69) is 15.8 Å². The predicted octanol–water partition coefficient (Wildman–Crippen LogP) is 4.39. The monoisotopic (exact) mass is 598 g/mol. The topological polar surface area (TPSA) is 117 Å². The van der Waals surface area contributed by atoms with Crippen molar-refractivity contribution in [2.45, 2.75) is 25.2 Å². The van der Waals surface area contributed by atoms with Gasteiger partial charge in [-0.25, -0.2) is 13.8 Å². The standard InChI is InChI=1S/C33H34N4O5S/c1-25-12-18-30(19-13-25)43(40,41)37(31-11-7-6-8-26(31)2)23-32(38)36-35-22-28-14-16-29(17-15-28)42-24-33(39)34-21-20-27-9-4-3-5-10-27/h3-19,22H,20-21,23-24H2,1-2H3,(H,34,39)(H,36,38)/b35-22-. The van der Waals surface area contributed by atoms with Gasteiger partial charge in [0, 0.05) is 6.54 Å². The van der Waals surface area contributed by atoms with Crippen molar-refractivity contribution >= 4 is 33.7 Å². The molecule has 0 aliphatic heterocycles. The van der Waals surface area contributed by atoms with Crippen LogP contribution >= 0.6 is 0 Å². The van der Waals surface area contributed by atoms with E-state index in [9.17, 15) is 18.0 Å². The molecule has 0 aromatic heterocycles. The molecule has 0 saturated carbocycles. The number of para-hydroxylation sites is 1. The van der Waals surface area contributed by atoms with Crippen molar-refractivity contribution in [3.63, 3.8) is 0 Å². The number of carbonyl (C=O) groups is 2. The second-order valence-corrected chi connectivity index (χ2v) is 11.7. The molecule has 10 heteroatoms. The summed E-state index contributed by atoms with van der Waals surface area (Å²) >= 11 is 0. The smallest absolute Gasteiger partial charge is 0.264 e. The first-order valence-electron chi connectivity index (χ1n) is 13.7. The third-order valence-corrected chi connectivity index (χ3v) is 8.29. The quantitative estimate of drug-likeness (QED) is 0.175. The van der Waals surface area contributed by atoms with Crippen LogP contribution in [0.2, 0.25) is 0 Å². The number of hydrogen-bond donors (Lipinski definition) is 2. The summed E-state index contributed by atoms with van der Waals surface area (Å²) in [4.78, 5) is 25.0. The summed E-state index contributed by atoms with van der Waals surface area (Å²) in [6, 6.07) is 30.2. The van der Waals surface area contributed by atoms with Crippen LogP contribution in [-0.4, -0.2) is 46.1 Å². The van der Waals surface area contributed by atoms with Crippen LogP contribution < -0.4 is 19.8 Å². The first-order valence-corrected chi connectivity index (χ1v) is 15.2. The summed E-state index contributed by atoms with van der Waals surface area (Å²) in [5.74, 6) is -0.309. The summed E-state index contributed by atoms with van der Waals surface area (Å²) in [7, 11) is -4.02. The van der Waals surface area contributed by atoms with Gasteiger partial charge in [-0.3, -0.25) is 13.9 Å². The second kappa shape index (κ2) is 14.8. The fourth-order valence-electron chi connectivity index (χ4n) is 4.17. The second-order valence-electron chi connectivity index (χ2n) is 9.85. The van der Waals surface area contributed by atoms with E-state index in [-0.39, 0.29) is 17.4 Å². The van der Waals surface area contributed by atoms with Crippen molar-refractivity contribution in [2.75, 3.05) is 24.0 Å². The van der Waals surface area contributed by atoms with Crippen molar-refractivity contribution in [1.82, 2.24) is 10.7 Å². The van der Waals surface area contributed by atoms with Gasteiger partial charge in [0.15, 0.2) is 6.61 Å². The van der Waals surface area contributed by atoms with Crippen molar-refractivity contribution in [2.24, 2.45) is 5.10 Å². The predicted molar refractivity (Wildman–Crippen MR) is 168 cm³/mol. The van der Waals surface area contributed by atoms with Gasteiger partial charge in [-0.15, -0.1) is 0 Å². The van der Waals surface area contributed by atoms with Crippen LogP contribution in [0, 0.1) is 13.8 Å². The molecular weight excluding hydrogens is 564 g/mol. The zero-order chi connectivity index (χ0) is 30.7. The van der Waals surface area contributed by atoms with Gasteiger partial charge in [0.05, 0.1) is 16.8 Å². The van der Waals surface area contributed by atoms with E-state index in [0.29, 0.717) is 29.1 Å². The first kappa shape index (κ1) is 31.0. The molecule has 0 aliphatic carbocycles. The highest BCUT2D eigenvalue weighted by Crippen LogP contribution is 2.26. The number of ether oxygens (including phenoxy) is 1. The average Bonchev–Trinajstić information content (AvgIpc) is 3.00. The van der Waals surface area contributed by atoms with Gasteiger partial charge in [-0.2, -0.15) is 5.10 Å². The van der Waals surface area contributed by atoms with Crippen molar-refractivity contribution in [1.29, 1.82) is 0 Å². The maximum atomic E-state index is 13.5. The minimum atomic E-state index is -4.02. The maximum Gasteiger partial charge on any atom is 0.264 e. The Kier molecular flexibility index (Phi) is 10.7. The minimum Gasteiger partial charge on any atom is -0.484 e. The fraction of sp³-hybridized carbons (Fsp3) is 0.182. The van der Waals surface area contributed by atoms with E-state index in [1.54, 1.807) is 67.6 Å². The Morgan fingerprint density at radius 1 is 0.837 bits per heavy atom. The number of aryl methyl sites for hydroxylation is 2. The first-order chi connectivity index (χ1) is 20.7. The molecule has 0 fully saturated rings. The highest BCUT2D eigenvalue weighted by molar-refractivity contribution is 7.92. The van der Waals surface area contributed by atoms with Crippen LogP contribution in [-0.2, 0) is 26.0 Å². The summed E-state index contributed by atoms with van der Waals surface area (Å²) in [5, 5.41) is 6.82. The molecule has 0 atom stereocenters. The summed E-state index contributed by atoms with van der Waals surface area (Å²) in [5.41, 5.74) is 6.26. The number of rotatable bonds is 13. The maximum absolute atomic E-state index is 13.5. The number of amides is 2. The van der Waals surface area contributed by atoms with Gasteiger partial charge in [0.25, 0.3) is 21.8 Å². The van der Waals surface area contributed by atoms with Crippen LogP contribution in [0.25, 0.3) is 0 Å². The molecule has 4 rings (SSSR count). The lowest BCUT2D eigenvalue weighted by Crippen LogP contribution is -2.40. The number of benzene rings is 4. The fourth-order valence-corrected chi connectivity index (χ4v) is 5.65. The number of sulfonamides is 1. The van der Waals surface area contributed by atoms with Gasteiger partial charge in [-0.1, -0.05) is 66.2 Å². The Balaban J connectivity index is 1.30. The largest absolute Gasteiger partial charge is 0.484 e. The van der Waals surface area contributed by atoms with E-state index >= 15 is 0 Å². The van der Waals surface area contributed by atoms with Gasteiger partial charge in [0.1, 0.15) is 12.3 Å². The minimum absolute atomic E-state index is 0.0876. The van der Waals surface area contributed by atoms with E-state index in [1.807, 2.05) is 37.3 Å². The zero-order valence-electron chi connectivity index (χ0n) is 24.1. The molecule has 2 amide bonds. The van der Waals surface area contributed by atoms with Crippen LogP contribution in [0.5, 0.6) is 5.75 Å². The lowest BCUT2D eigenvalue weighted by atomic mass is 10.1. The zero-order valence-corrected chi connectivity index (χ0v) is 24.9. The molecule has 0 spiro atoms. The molecule has 0 unspecified atom stereocenters. The van der Waals surface area contributed by atoms with Gasteiger partial charge < -0.3 is 10.1 Å². The van der Waals surface area contributed by atoms with Crippen molar-refractivity contribution in [3.8, 4) is 5.75 Å². The summed E-state index contributed by atoms with van der Waals surface area (Å²) in [6.07, 6.45) is 2.17. The van der Waals surface area contributed by atoms with Crippen LogP contribution in [0.4, 0.5) is 5.69 Å².